The second-order valence-electron chi connectivity index (χ2n) is 1.80. The van der Waals surface area contributed by atoms with Gasteiger partial charge < -0.3 is 4.79 Å². The Morgan fingerprint density at radius 1 is 1.57 bits per heavy atom. The van der Waals surface area contributed by atoms with Crippen LogP contribution in [0.3, 0.4) is 0 Å². The van der Waals surface area contributed by atoms with E-state index in [1.807, 2.05) is 13.8 Å². The van der Waals surface area contributed by atoms with Crippen LogP contribution in [-0.2, 0) is 4.79 Å². The van der Waals surface area contributed by atoms with Crippen molar-refractivity contribution in [3.8, 4) is 0 Å². The first-order valence-electron chi connectivity index (χ1n) is 2.21. The monoisotopic (exact) mass is 120 g/mol. The zero-order chi connectivity index (χ0) is 4.99. The summed E-state index contributed by atoms with van der Waals surface area (Å²) in [6.45, 7) is 4.04. The molecule has 0 aliphatic rings. The molecular formula is C5H12OS. The molecule has 0 spiro atoms. The molecule has 0 bridgehead atoms. The zero-order valence-corrected chi connectivity index (χ0v) is 5.77. The molecule has 0 N–H and O–H groups in total. The van der Waals surface area contributed by atoms with E-state index in [1.54, 1.807) is 0 Å². The molecule has 2 heteroatoms. The Kier molecular flexibility index (Phi) is 8.68. The van der Waals surface area contributed by atoms with Gasteiger partial charge in [-0.1, -0.05) is 13.8 Å². The highest BCUT2D eigenvalue weighted by Crippen LogP contribution is 1.92. The maximum atomic E-state index is 9.62. The second kappa shape index (κ2) is 6.02. The van der Waals surface area contributed by atoms with Crippen LogP contribution in [0.25, 0.3) is 0 Å². The van der Waals surface area contributed by atoms with Crippen molar-refractivity contribution in [1.29, 1.82) is 0 Å². The highest BCUT2D eigenvalue weighted by Gasteiger charge is 1.85. The van der Waals surface area contributed by atoms with Gasteiger partial charge in [-0.2, -0.15) is 13.5 Å². The fourth-order valence-corrected chi connectivity index (χ4v) is 0.192. The molecule has 0 unspecified atom stereocenters. The summed E-state index contributed by atoms with van der Waals surface area (Å²) in [5.41, 5.74) is 0. The van der Waals surface area contributed by atoms with Crippen molar-refractivity contribution in [2.45, 2.75) is 20.3 Å². The molecule has 0 radical (unpaired) electrons. The smallest absolute Gasteiger partial charge is 0.120 e. The molecule has 0 aliphatic heterocycles. The van der Waals surface area contributed by atoms with E-state index in [1.165, 1.54) is 0 Å². The van der Waals surface area contributed by atoms with Gasteiger partial charge in [0.2, 0.25) is 0 Å². The third-order valence-corrected chi connectivity index (χ3v) is 0.568. The lowest BCUT2D eigenvalue weighted by atomic mass is 10.2. The quantitative estimate of drug-likeness (QED) is 0.503. The van der Waals surface area contributed by atoms with Crippen molar-refractivity contribution in [3.05, 3.63) is 0 Å². The summed E-state index contributed by atoms with van der Waals surface area (Å²) in [7, 11) is 0. The van der Waals surface area contributed by atoms with Gasteiger partial charge in [0.15, 0.2) is 0 Å². The van der Waals surface area contributed by atoms with Gasteiger partial charge in [0.05, 0.1) is 0 Å². The predicted octanol–water partition coefficient (Wildman–Crippen LogP) is 1.34. The van der Waals surface area contributed by atoms with E-state index >= 15 is 0 Å². The minimum atomic E-state index is 0. The zero-order valence-electron chi connectivity index (χ0n) is 4.77. The molecule has 0 aliphatic carbocycles. The Morgan fingerprint density at radius 2 is 2.00 bits per heavy atom. The van der Waals surface area contributed by atoms with Gasteiger partial charge in [0.25, 0.3) is 0 Å². The molecule has 0 rings (SSSR count). The lowest BCUT2D eigenvalue weighted by Gasteiger charge is -1.89. The third kappa shape index (κ3) is 10.7. The molecule has 0 atom stereocenters. The molecule has 0 aromatic carbocycles. The van der Waals surface area contributed by atoms with Crippen LogP contribution in [0.5, 0.6) is 0 Å². The van der Waals surface area contributed by atoms with Crippen LogP contribution in [0.2, 0.25) is 0 Å². The van der Waals surface area contributed by atoms with Crippen LogP contribution in [-0.4, -0.2) is 6.29 Å². The SMILES string of the molecule is CC(C)CC=O.S. The van der Waals surface area contributed by atoms with Crippen LogP contribution in [0.1, 0.15) is 20.3 Å². The highest BCUT2D eigenvalue weighted by atomic mass is 32.1. The van der Waals surface area contributed by atoms with Gasteiger partial charge in [-0.05, 0) is 5.92 Å². The molecule has 44 valence electrons. The number of carbonyl (C=O) groups excluding carboxylic acids is 1. The van der Waals surface area contributed by atoms with Crippen molar-refractivity contribution in [1.82, 2.24) is 0 Å². The highest BCUT2D eigenvalue weighted by molar-refractivity contribution is 7.59. The molecule has 0 amide bonds. The van der Waals surface area contributed by atoms with E-state index in [4.69, 9.17) is 0 Å². The number of hydrogen-bond acceptors (Lipinski definition) is 1. The number of rotatable bonds is 2. The van der Waals surface area contributed by atoms with E-state index < -0.39 is 0 Å². The van der Waals surface area contributed by atoms with E-state index in [-0.39, 0.29) is 13.5 Å². The molecule has 0 fully saturated rings. The maximum absolute atomic E-state index is 9.62. The van der Waals surface area contributed by atoms with Crippen molar-refractivity contribution < 1.29 is 4.79 Å². The van der Waals surface area contributed by atoms with E-state index in [0.717, 1.165) is 6.29 Å². The third-order valence-electron chi connectivity index (χ3n) is 0.568. The fourth-order valence-electron chi connectivity index (χ4n) is 0.192. The van der Waals surface area contributed by atoms with E-state index in [0.29, 0.717) is 12.3 Å². The lowest BCUT2D eigenvalue weighted by Crippen LogP contribution is -1.84. The summed E-state index contributed by atoms with van der Waals surface area (Å²) in [6.07, 6.45) is 1.64. The predicted molar refractivity (Wildman–Crippen MR) is 35.9 cm³/mol. The van der Waals surface area contributed by atoms with E-state index in [2.05, 4.69) is 0 Å². The number of carbonyl (C=O) groups is 1. The first kappa shape index (κ1) is 10.1. The molecule has 0 aromatic rings. The maximum Gasteiger partial charge on any atom is 0.120 e. The van der Waals surface area contributed by atoms with Crippen molar-refractivity contribution in [3.63, 3.8) is 0 Å². The molecular weight excluding hydrogens is 108 g/mol. The minimum Gasteiger partial charge on any atom is -0.303 e. The standard InChI is InChI=1S/C5H10O.H2S/c1-5(2)3-4-6;/h4-5H,3H2,1-2H3;1H2. The summed E-state index contributed by atoms with van der Waals surface area (Å²) in [5.74, 6) is 0.530. The molecule has 0 saturated heterocycles. The summed E-state index contributed by atoms with van der Waals surface area (Å²) >= 11 is 0. The van der Waals surface area contributed by atoms with Crippen LogP contribution in [0.4, 0.5) is 0 Å². The summed E-state index contributed by atoms with van der Waals surface area (Å²) in [6, 6.07) is 0. The lowest BCUT2D eigenvalue weighted by molar-refractivity contribution is -0.108. The number of hydrogen-bond donors (Lipinski definition) is 0. The Labute approximate surface area is 51.6 Å². The first-order valence-corrected chi connectivity index (χ1v) is 2.21. The molecule has 0 aromatic heterocycles. The average Bonchev–Trinajstić information content (AvgIpc) is 1.35. The Balaban J connectivity index is 0. The van der Waals surface area contributed by atoms with Gasteiger partial charge in [0.1, 0.15) is 6.29 Å². The van der Waals surface area contributed by atoms with Gasteiger partial charge >= 0.3 is 0 Å². The van der Waals surface area contributed by atoms with Gasteiger partial charge in [0, 0.05) is 6.42 Å². The van der Waals surface area contributed by atoms with Crippen LogP contribution < -0.4 is 0 Å². The topological polar surface area (TPSA) is 17.1 Å². The molecule has 1 nitrogen and oxygen atoms in total. The number of aldehydes is 1. The summed E-state index contributed by atoms with van der Waals surface area (Å²) in [4.78, 5) is 9.62. The summed E-state index contributed by atoms with van der Waals surface area (Å²) < 4.78 is 0. The van der Waals surface area contributed by atoms with Crippen molar-refractivity contribution in [2.75, 3.05) is 0 Å². The van der Waals surface area contributed by atoms with Gasteiger partial charge in [-0.25, -0.2) is 0 Å². The second-order valence-corrected chi connectivity index (χ2v) is 1.80. The molecule has 0 saturated carbocycles. The van der Waals surface area contributed by atoms with Crippen LogP contribution in [0, 0.1) is 5.92 Å². The Bertz CT molecular complexity index is 43.3. The van der Waals surface area contributed by atoms with Crippen LogP contribution >= 0.6 is 13.5 Å². The molecule has 0 heterocycles. The molecule has 7 heavy (non-hydrogen) atoms. The first-order chi connectivity index (χ1) is 2.77. The van der Waals surface area contributed by atoms with Crippen LogP contribution in [0.15, 0.2) is 0 Å². The minimum absolute atomic E-state index is 0. The Hall–Kier alpha value is 0.0200. The summed E-state index contributed by atoms with van der Waals surface area (Å²) in [5, 5.41) is 0. The van der Waals surface area contributed by atoms with E-state index in [9.17, 15) is 4.79 Å². The fraction of sp³-hybridized carbons (Fsp3) is 0.800. The van der Waals surface area contributed by atoms with Gasteiger partial charge in [-0.3, -0.25) is 0 Å². The van der Waals surface area contributed by atoms with Crippen molar-refractivity contribution in [2.24, 2.45) is 5.92 Å². The largest absolute Gasteiger partial charge is 0.303 e. The normalized spacial score (nSPS) is 7.86. The van der Waals surface area contributed by atoms with Gasteiger partial charge in [-0.15, -0.1) is 0 Å². The van der Waals surface area contributed by atoms with Crippen molar-refractivity contribution >= 4 is 19.8 Å². The average molecular weight is 120 g/mol. The Morgan fingerprint density at radius 3 is 2.00 bits per heavy atom.